The molecule has 1 nitrogen and oxygen atoms in total. The van der Waals surface area contributed by atoms with E-state index in [0.717, 1.165) is 0 Å². The van der Waals surface area contributed by atoms with Gasteiger partial charge in [-0.25, -0.2) is 0 Å². The number of hydrogen-bond donors (Lipinski definition) is 1. The minimum Gasteiger partial charge on any atom is -0.392 e. The summed E-state index contributed by atoms with van der Waals surface area (Å²) in [6.07, 6.45) is 6.33. The molecule has 1 heteroatoms. The third kappa shape index (κ3) is 3.75. The third-order valence-corrected chi connectivity index (χ3v) is 6.57. The molecule has 2 aromatic rings. The molecule has 1 aliphatic carbocycles. The molecule has 0 heterocycles. The molecule has 0 radical (unpaired) electrons. The van der Waals surface area contributed by atoms with Gasteiger partial charge < -0.3 is 5.11 Å². The zero-order chi connectivity index (χ0) is 19.8. The molecular formula is C26H34O. The number of aliphatic hydroxyl groups is 1. The number of fused-ring (bicyclic) bond motifs is 1. The topological polar surface area (TPSA) is 20.2 Å². The van der Waals surface area contributed by atoms with Crippen LogP contribution in [0.1, 0.15) is 86.8 Å². The molecule has 0 aromatic heterocycles. The molecule has 0 bridgehead atoms. The van der Waals surface area contributed by atoms with E-state index in [-0.39, 0.29) is 17.4 Å². The van der Waals surface area contributed by atoms with Crippen LogP contribution in [0.3, 0.4) is 0 Å². The Morgan fingerprint density at radius 1 is 0.963 bits per heavy atom. The normalized spacial score (nSPS) is 19.1. The second-order valence-corrected chi connectivity index (χ2v) is 9.46. The largest absolute Gasteiger partial charge is 0.392 e. The number of aliphatic hydroxyl groups excluding tert-OH is 1. The minimum absolute atomic E-state index is 0.0733. The molecule has 0 fully saturated rings. The van der Waals surface area contributed by atoms with E-state index >= 15 is 0 Å². The first-order chi connectivity index (χ1) is 12.7. The van der Waals surface area contributed by atoms with E-state index in [2.05, 4.69) is 77.9 Å². The number of rotatable bonds is 4. The molecule has 1 atom stereocenters. The summed E-state index contributed by atoms with van der Waals surface area (Å²) in [6, 6.07) is 13.5. The van der Waals surface area contributed by atoms with Crippen molar-refractivity contribution in [2.24, 2.45) is 0 Å². The first kappa shape index (κ1) is 19.9. The smallest absolute Gasteiger partial charge is 0.0615 e. The van der Waals surface area contributed by atoms with Crippen molar-refractivity contribution in [3.8, 4) is 0 Å². The van der Waals surface area contributed by atoms with E-state index in [4.69, 9.17) is 0 Å². The van der Waals surface area contributed by atoms with E-state index in [9.17, 15) is 5.11 Å². The zero-order valence-electron chi connectivity index (χ0n) is 17.8. The Hall–Kier alpha value is -1.86. The zero-order valence-corrected chi connectivity index (χ0v) is 17.8. The van der Waals surface area contributed by atoms with Crippen molar-refractivity contribution in [3.05, 3.63) is 75.9 Å². The maximum Gasteiger partial charge on any atom is 0.0615 e. The van der Waals surface area contributed by atoms with Gasteiger partial charge in [0.05, 0.1) is 6.61 Å². The van der Waals surface area contributed by atoms with Gasteiger partial charge in [0.25, 0.3) is 0 Å². The second kappa shape index (κ2) is 7.28. The van der Waals surface area contributed by atoms with E-state index in [0.29, 0.717) is 5.92 Å². The summed E-state index contributed by atoms with van der Waals surface area (Å²) < 4.78 is 0. The van der Waals surface area contributed by atoms with Crippen molar-refractivity contribution in [3.63, 3.8) is 0 Å². The summed E-state index contributed by atoms with van der Waals surface area (Å²) in [6.45, 7) is 14.2. The molecule has 1 N–H and O–H groups in total. The van der Waals surface area contributed by atoms with Crippen LogP contribution in [0.15, 0.2) is 42.5 Å². The van der Waals surface area contributed by atoms with Crippen LogP contribution >= 0.6 is 0 Å². The van der Waals surface area contributed by atoms with Crippen molar-refractivity contribution in [1.29, 1.82) is 0 Å². The van der Waals surface area contributed by atoms with E-state index < -0.39 is 0 Å². The Bertz CT molecular complexity index is 855. The Morgan fingerprint density at radius 3 is 2.19 bits per heavy atom. The Labute approximate surface area is 165 Å². The highest BCUT2D eigenvalue weighted by Crippen LogP contribution is 2.47. The molecule has 0 amide bonds. The standard InChI is InChI=1S/C26H34O/c1-18-16-23-24(26(5,6)14-13-25(23,3)4)17-22(18)19(2)21-12-8-7-10-20(21)11-9-15-27/h7-12,16-17,19,27H,13-15H2,1-6H3. The number of benzene rings is 2. The highest BCUT2D eigenvalue weighted by Gasteiger charge is 2.37. The van der Waals surface area contributed by atoms with Gasteiger partial charge in [-0.1, -0.05) is 83.2 Å². The third-order valence-electron chi connectivity index (χ3n) is 6.57. The summed E-state index contributed by atoms with van der Waals surface area (Å²) in [7, 11) is 0. The van der Waals surface area contributed by atoms with Crippen LogP contribution in [-0.4, -0.2) is 11.7 Å². The van der Waals surface area contributed by atoms with Crippen LogP contribution in [0.2, 0.25) is 0 Å². The fourth-order valence-electron chi connectivity index (χ4n) is 4.61. The predicted molar refractivity (Wildman–Crippen MR) is 117 cm³/mol. The van der Waals surface area contributed by atoms with Gasteiger partial charge in [-0.2, -0.15) is 0 Å². The lowest BCUT2D eigenvalue weighted by Crippen LogP contribution is -2.34. The molecule has 2 aromatic carbocycles. The lowest BCUT2D eigenvalue weighted by atomic mass is 9.62. The Morgan fingerprint density at radius 2 is 1.56 bits per heavy atom. The quantitative estimate of drug-likeness (QED) is 0.658. The van der Waals surface area contributed by atoms with Gasteiger partial charge in [-0.3, -0.25) is 0 Å². The van der Waals surface area contributed by atoms with Crippen LogP contribution < -0.4 is 0 Å². The first-order valence-corrected chi connectivity index (χ1v) is 10.2. The molecule has 3 rings (SSSR count). The Kier molecular flexibility index (Phi) is 5.36. The van der Waals surface area contributed by atoms with Gasteiger partial charge in [0, 0.05) is 5.92 Å². The van der Waals surface area contributed by atoms with E-state index in [1.165, 1.54) is 46.2 Å². The van der Waals surface area contributed by atoms with Crippen LogP contribution in [0.5, 0.6) is 0 Å². The van der Waals surface area contributed by atoms with Gasteiger partial charge in [0.2, 0.25) is 0 Å². The molecule has 0 aliphatic heterocycles. The maximum absolute atomic E-state index is 9.17. The van der Waals surface area contributed by atoms with Crippen molar-refractivity contribution in [2.45, 2.75) is 71.1 Å². The van der Waals surface area contributed by atoms with Gasteiger partial charge in [0.15, 0.2) is 0 Å². The van der Waals surface area contributed by atoms with Gasteiger partial charge in [-0.05, 0) is 64.0 Å². The maximum atomic E-state index is 9.17. The van der Waals surface area contributed by atoms with Crippen LogP contribution in [0.25, 0.3) is 6.08 Å². The highest BCUT2D eigenvalue weighted by molar-refractivity contribution is 5.58. The molecule has 27 heavy (non-hydrogen) atoms. The molecule has 144 valence electrons. The average molecular weight is 363 g/mol. The highest BCUT2D eigenvalue weighted by atomic mass is 16.2. The summed E-state index contributed by atoms with van der Waals surface area (Å²) in [5, 5.41) is 9.17. The second-order valence-electron chi connectivity index (χ2n) is 9.46. The van der Waals surface area contributed by atoms with E-state index in [1.807, 2.05) is 12.2 Å². The summed E-state index contributed by atoms with van der Waals surface area (Å²) >= 11 is 0. The fourth-order valence-corrected chi connectivity index (χ4v) is 4.61. The van der Waals surface area contributed by atoms with Gasteiger partial charge in [-0.15, -0.1) is 0 Å². The van der Waals surface area contributed by atoms with Crippen molar-refractivity contribution in [2.75, 3.05) is 6.61 Å². The lowest BCUT2D eigenvalue weighted by Gasteiger charge is -2.42. The summed E-state index contributed by atoms with van der Waals surface area (Å²) in [5.74, 6) is 0.315. The van der Waals surface area contributed by atoms with Crippen molar-refractivity contribution < 1.29 is 5.11 Å². The monoisotopic (exact) mass is 362 g/mol. The van der Waals surface area contributed by atoms with E-state index in [1.54, 1.807) is 0 Å². The minimum atomic E-state index is 0.0733. The SMILES string of the molecule is Cc1cc2c(cc1C(C)c1ccccc1C=CCO)C(C)(C)CCC2(C)C. The Balaban J connectivity index is 2.13. The number of hydrogen-bond acceptors (Lipinski definition) is 1. The van der Waals surface area contributed by atoms with Crippen LogP contribution in [0, 0.1) is 6.92 Å². The molecule has 0 spiro atoms. The fraction of sp³-hybridized carbons (Fsp3) is 0.462. The van der Waals surface area contributed by atoms with Crippen LogP contribution in [0.4, 0.5) is 0 Å². The average Bonchev–Trinajstić information content (AvgIpc) is 2.63. The molecule has 0 saturated carbocycles. The molecule has 1 unspecified atom stereocenters. The summed E-state index contributed by atoms with van der Waals surface area (Å²) in [5.41, 5.74) is 8.84. The molecule has 1 aliphatic rings. The van der Waals surface area contributed by atoms with Crippen molar-refractivity contribution in [1.82, 2.24) is 0 Å². The summed E-state index contributed by atoms with van der Waals surface area (Å²) in [4.78, 5) is 0. The van der Waals surface area contributed by atoms with Gasteiger partial charge in [0.1, 0.15) is 0 Å². The number of aryl methyl sites for hydroxylation is 1. The first-order valence-electron chi connectivity index (χ1n) is 10.2. The molecule has 0 saturated heterocycles. The molecular weight excluding hydrogens is 328 g/mol. The van der Waals surface area contributed by atoms with Crippen LogP contribution in [-0.2, 0) is 10.8 Å². The van der Waals surface area contributed by atoms with Crippen molar-refractivity contribution >= 4 is 6.08 Å². The lowest BCUT2D eigenvalue weighted by molar-refractivity contribution is 0.331. The van der Waals surface area contributed by atoms with Gasteiger partial charge >= 0.3 is 0 Å². The predicted octanol–water partition coefficient (Wildman–Crippen LogP) is 6.50.